The van der Waals surface area contributed by atoms with Gasteiger partial charge in [-0.2, -0.15) is 0 Å². The fourth-order valence-corrected chi connectivity index (χ4v) is 2.06. The monoisotopic (exact) mass is 488 g/mol. The lowest BCUT2D eigenvalue weighted by Crippen LogP contribution is -2.13. The molecule has 0 radical (unpaired) electrons. The minimum Gasteiger partial charge on any atom is -0.478 e. The molecule has 12 heteroatoms. The van der Waals surface area contributed by atoms with Gasteiger partial charge in [0.25, 0.3) is 0 Å². The van der Waals surface area contributed by atoms with E-state index in [4.69, 9.17) is 20.4 Å². The third-order valence-corrected chi connectivity index (χ3v) is 3.70. The standard InChI is InChI=1S/C20H12O10.C3H8O2/c21-15(29-19(27)13-5-1-3-11(9-13)17(23)24)7-8-16(22)30-20(28)14-6-2-4-12(10-14)18(25)26;1-3(5)2-4/h1-10H,(H,23,24)(H,25,26);3-5H,2H2,1H3/b8-7-;. The van der Waals surface area contributed by atoms with Crippen LogP contribution in [0.2, 0.25) is 0 Å². The molecule has 0 spiro atoms. The van der Waals surface area contributed by atoms with Gasteiger partial charge < -0.3 is 29.9 Å². The van der Waals surface area contributed by atoms with E-state index in [9.17, 15) is 28.8 Å². The molecule has 0 saturated carbocycles. The number of carboxylic acids is 2. The summed E-state index contributed by atoms with van der Waals surface area (Å²) < 4.78 is 8.88. The molecule has 2 aromatic rings. The average Bonchev–Trinajstić information content (AvgIpc) is 2.83. The summed E-state index contributed by atoms with van der Waals surface area (Å²) in [4.78, 5) is 68.7. The maximum absolute atomic E-state index is 11.8. The number of aliphatic hydroxyl groups excluding tert-OH is 2. The summed E-state index contributed by atoms with van der Waals surface area (Å²) >= 11 is 0. The molecule has 0 amide bonds. The van der Waals surface area contributed by atoms with Crippen molar-refractivity contribution < 1.29 is 58.7 Å². The second kappa shape index (κ2) is 13.8. The second-order valence-electron chi connectivity index (χ2n) is 6.55. The Morgan fingerprint density at radius 2 is 1.06 bits per heavy atom. The van der Waals surface area contributed by atoms with Gasteiger partial charge in [-0.15, -0.1) is 0 Å². The van der Waals surface area contributed by atoms with Crippen molar-refractivity contribution in [2.45, 2.75) is 13.0 Å². The summed E-state index contributed by atoms with van der Waals surface area (Å²) in [5.41, 5.74) is -0.788. The molecule has 4 N–H and O–H groups in total. The molecule has 0 aliphatic rings. The number of benzene rings is 2. The zero-order chi connectivity index (χ0) is 26.5. The highest BCUT2D eigenvalue weighted by Crippen LogP contribution is 2.09. The molecule has 2 aromatic carbocycles. The molecule has 0 aliphatic carbocycles. The lowest BCUT2D eigenvalue weighted by molar-refractivity contribution is -0.135. The fourth-order valence-electron chi connectivity index (χ4n) is 2.06. The van der Waals surface area contributed by atoms with Crippen LogP contribution in [0.3, 0.4) is 0 Å². The summed E-state index contributed by atoms with van der Waals surface area (Å²) in [5, 5.41) is 33.8. The molecule has 12 nitrogen and oxygen atoms in total. The molecule has 35 heavy (non-hydrogen) atoms. The first-order valence-corrected chi connectivity index (χ1v) is 9.60. The van der Waals surface area contributed by atoms with E-state index in [1.807, 2.05) is 0 Å². The number of ether oxygens (including phenoxy) is 2. The van der Waals surface area contributed by atoms with Gasteiger partial charge in [0.05, 0.1) is 35.0 Å². The van der Waals surface area contributed by atoms with Crippen molar-refractivity contribution in [3.63, 3.8) is 0 Å². The van der Waals surface area contributed by atoms with Gasteiger partial charge in [0.2, 0.25) is 0 Å². The molecule has 0 aliphatic heterocycles. The highest BCUT2D eigenvalue weighted by molar-refractivity contribution is 6.05. The van der Waals surface area contributed by atoms with E-state index in [2.05, 4.69) is 9.47 Å². The van der Waals surface area contributed by atoms with Gasteiger partial charge >= 0.3 is 35.8 Å². The van der Waals surface area contributed by atoms with Crippen molar-refractivity contribution in [1.29, 1.82) is 0 Å². The van der Waals surface area contributed by atoms with Gasteiger partial charge in [-0.25, -0.2) is 28.8 Å². The third-order valence-electron chi connectivity index (χ3n) is 3.70. The van der Waals surface area contributed by atoms with Crippen LogP contribution in [0.15, 0.2) is 60.7 Å². The van der Waals surface area contributed by atoms with Crippen LogP contribution in [-0.4, -0.2) is 69.0 Å². The maximum atomic E-state index is 11.8. The summed E-state index contributed by atoms with van der Waals surface area (Å²) in [6.07, 6.45) is 0.500. The summed E-state index contributed by atoms with van der Waals surface area (Å²) in [7, 11) is 0. The normalized spacial score (nSPS) is 10.9. The van der Waals surface area contributed by atoms with E-state index < -0.39 is 41.9 Å². The van der Waals surface area contributed by atoms with E-state index >= 15 is 0 Å². The Balaban J connectivity index is 0.00000111. The van der Waals surface area contributed by atoms with Gasteiger partial charge in [0, 0.05) is 12.2 Å². The number of aliphatic hydroxyl groups is 2. The van der Waals surface area contributed by atoms with Gasteiger partial charge in [-0.3, -0.25) is 0 Å². The van der Waals surface area contributed by atoms with E-state index in [-0.39, 0.29) is 28.9 Å². The Kier molecular flexibility index (Phi) is 11.2. The molecule has 0 saturated heterocycles. The third kappa shape index (κ3) is 10.2. The predicted molar refractivity (Wildman–Crippen MR) is 116 cm³/mol. The van der Waals surface area contributed by atoms with Crippen LogP contribution < -0.4 is 0 Å². The second-order valence-corrected chi connectivity index (χ2v) is 6.55. The van der Waals surface area contributed by atoms with Gasteiger partial charge in [0.1, 0.15) is 0 Å². The minimum atomic E-state index is -1.28. The SMILES string of the molecule is CC(O)CO.O=C(/C=C\C(=O)OC(=O)c1cccc(C(=O)O)c1)OC(=O)c1cccc(C(=O)O)c1. The molecule has 2 rings (SSSR count). The number of aromatic carboxylic acids is 2. The van der Waals surface area contributed by atoms with Crippen molar-refractivity contribution in [3.8, 4) is 0 Å². The van der Waals surface area contributed by atoms with Crippen molar-refractivity contribution in [3.05, 3.63) is 82.9 Å². The Morgan fingerprint density at radius 1 is 0.743 bits per heavy atom. The van der Waals surface area contributed by atoms with E-state index in [1.54, 1.807) is 0 Å². The number of carbonyl (C=O) groups excluding carboxylic acids is 4. The van der Waals surface area contributed by atoms with Crippen LogP contribution in [0.4, 0.5) is 0 Å². The minimum absolute atomic E-state index is 0.139. The van der Waals surface area contributed by atoms with E-state index in [1.165, 1.54) is 43.3 Å². The lowest BCUT2D eigenvalue weighted by atomic mass is 10.1. The van der Waals surface area contributed by atoms with E-state index in [0.717, 1.165) is 12.1 Å². The smallest absolute Gasteiger partial charge is 0.346 e. The van der Waals surface area contributed by atoms with Crippen LogP contribution in [0.25, 0.3) is 0 Å². The molecule has 0 bridgehead atoms. The summed E-state index contributed by atoms with van der Waals surface area (Å²) in [5.74, 6) is -7.39. The Bertz CT molecular complexity index is 1060. The number of hydrogen-bond acceptors (Lipinski definition) is 10. The summed E-state index contributed by atoms with van der Waals surface area (Å²) in [6.45, 7) is 1.39. The number of hydrogen-bond donors (Lipinski definition) is 4. The number of esters is 4. The Morgan fingerprint density at radius 3 is 1.34 bits per heavy atom. The highest BCUT2D eigenvalue weighted by atomic mass is 16.6. The first kappa shape index (κ1) is 28.4. The van der Waals surface area contributed by atoms with Crippen LogP contribution in [0, 0.1) is 0 Å². The molecule has 184 valence electrons. The average molecular weight is 488 g/mol. The van der Waals surface area contributed by atoms with E-state index in [0.29, 0.717) is 12.2 Å². The van der Waals surface area contributed by atoms with Crippen molar-refractivity contribution in [1.82, 2.24) is 0 Å². The first-order valence-electron chi connectivity index (χ1n) is 9.60. The quantitative estimate of drug-likeness (QED) is 0.246. The number of carbonyl (C=O) groups is 6. The molecule has 1 atom stereocenters. The van der Waals surface area contributed by atoms with Gasteiger partial charge in [-0.05, 0) is 43.3 Å². The van der Waals surface area contributed by atoms with Crippen molar-refractivity contribution >= 4 is 35.8 Å². The Labute approximate surface area is 197 Å². The molecular formula is C23H20O12. The van der Waals surface area contributed by atoms with Crippen molar-refractivity contribution in [2.75, 3.05) is 6.61 Å². The number of rotatable bonds is 7. The summed E-state index contributed by atoms with van der Waals surface area (Å²) in [6, 6.07) is 9.49. The zero-order valence-corrected chi connectivity index (χ0v) is 18.1. The number of carboxylic acid groups (broad SMARTS) is 2. The highest BCUT2D eigenvalue weighted by Gasteiger charge is 2.16. The fraction of sp³-hybridized carbons (Fsp3) is 0.130. The Hall–Kier alpha value is -4.68. The van der Waals surface area contributed by atoms with Crippen LogP contribution in [0.1, 0.15) is 48.4 Å². The van der Waals surface area contributed by atoms with Gasteiger partial charge in [-0.1, -0.05) is 12.1 Å². The zero-order valence-electron chi connectivity index (χ0n) is 18.1. The maximum Gasteiger partial charge on any atom is 0.346 e. The van der Waals surface area contributed by atoms with Crippen molar-refractivity contribution in [2.24, 2.45) is 0 Å². The van der Waals surface area contributed by atoms with Crippen LogP contribution in [0.5, 0.6) is 0 Å². The molecule has 0 heterocycles. The predicted octanol–water partition coefficient (Wildman–Crippen LogP) is 1.07. The largest absolute Gasteiger partial charge is 0.478 e. The molecule has 1 unspecified atom stereocenters. The topological polar surface area (TPSA) is 202 Å². The van der Waals surface area contributed by atoms with Crippen LogP contribution in [-0.2, 0) is 19.1 Å². The van der Waals surface area contributed by atoms with Gasteiger partial charge in [0.15, 0.2) is 0 Å². The molecule has 0 fully saturated rings. The van der Waals surface area contributed by atoms with Crippen LogP contribution >= 0.6 is 0 Å². The first-order chi connectivity index (χ1) is 16.4. The lowest BCUT2D eigenvalue weighted by Gasteiger charge is -2.02. The molecular weight excluding hydrogens is 468 g/mol. The molecule has 0 aromatic heterocycles.